The molecular formula is C27H46N2O3S. The van der Waals surface area contributed by atoms with E-state index in [0.29, 0.717) is 19.6 Å². The van der Waals surface area contributed by atoms with Crippen molar-refractivity contribution in [3.8, 4) is 0 Å². The fourth-order valence-electron chi connectivity index (χ4n) is 3.66. The normalized spacial score (nSPS) is 10.8. The third-order valence-corrected chi connectivity index (χ3v) is 6.43. The van der Waals surface area contributed by atoms with Gasteiger partial charge in [-0.15, -0.1) is 0 Å². The van der Waals surface area contributed by atoms with Crippen molar-refractivity contribution in [3.05, 3.63) is 29.8 Å². The molecule has 188 valence electrons. The Morgan fingerprint density at radius 2 is 1.33 bits per heavy atom. The molecule has 0 aliphatic rings. The van der Waals surface area contributed by atoms with E-state index in [0.717, 1.165) is 23.3 Å². The van der Waals surface area contributed by atoms with Gasteiger partial charge in [-0.1, -0.05) is 96.1 Å². The Hall–Kier alpha value is -1.53. The van der Waals surface area contributed by atoms with Gasteiger partial charge in [-0.25, -0.2) is 4.72 Å². The number of amides is 1. The van der Waals surface area contributed by atoms with E-state index in [1.54, 1.807) is 6.92 Å². The maximum atomic E-state index is 12.1. The molecule has 0 unspecified atom stereocenters. The number of hydrogen-bond acceptors (Lipinski definition) is 5. The zero-order valence-corrected chi connectivity index (χ0v) is 21.8. The minimum Gasteiger partial charge on any atom is -0.465 e. The molecule has 5 nitrogen and oxygen atoms in total. The van der Waals surface area contributed by atoms with Crippen molar-refractivity contribution in [2.24, 2.45) is 0 Å². The molecule has 0 aliphatic carbocycles. The standard InChI is InChI=1S/C27H46N2O3S/c1-3-5-6-7-8-9-10-11-12-13-14-15-16-17-26(30)28-22-24-18-20-25(21-19-24)33-29-23-27(31)32-4-2/h18-21,29H,3-17,22-23H2,1-2H3,(H,28,30). The van der Waals surface area contributed by atoms with Crippen LogP contribution in [-0.4, -0.2) is 25.0 Å². The molecule has 0 aromatic heterocycles. The number of hydrogen-bond donors (Lipinski definition) is 2. The van der Waals surface area contributed by atoms with Crippen LogP contribution in [0, 0.1) is 0 Å². The fraction of sp³-hybridized carbons (Fsp3) is 0.704. The van der Waals surface area contributed by atoms with Crippen LogP contribution in [0.15, 0.2) is 29.2 Å². The third-order valence-electron chi connectivity index (χ3n) is 5.63. The van der Waals surface area contributed by atoms with Crippen LogP contribution in [0.4, 0.5) is 0 Å². The van der Waals surface area contributed by atoms with Crippen LogP contribution in [0.1, 0.15) is 109 Å². The largest absolute Gasteiger partial charge is 0.465 e. The second-order valence-corrected chi connectivity index (χ2v) is 9.61. The Labute approximate surface area is 206 Å². The smallest absolute Gasteiger partial charge is 0.320 e. The van der Waals surface area contributed by atoms with Crippen molar-refractivity contribution < 1.29 is 14.3 Å². The SMILES string of the molecule is CCCCCCCCCCCCCCCC(=O)NCc1ccc(SNCC(=O)OCC)cc1. The Bertz CT molecular complexity index is 622. The molecule has 0 atom stereocenters. The van der Waals surface area contributed by atoms with Crippen molar-refractivity contribution in [3.63, 3.8) is 0 Å². The summed E-state index contributed by atoms with van der Waals surface area (Å²) in [5.41, 5.74) is 1.07. The van der Waals surface area contributed by atoms with Gasteiger partial charge in [-0.3, -0.25) is 9.59 Å². The van der Waals surface area contributed by atoms with E-state index in [1.807, 2.05) is 24.3 Å². The van der Waals surface area contributed by atoms with Gasteiger partial charge in [0.15, 0.2) is 0 Å². The van der Waals surface area contributed by atoms with E-state index < -0.39 is 0 Å². The second kappa shape index (κ2) is 21.0. The molecule has 0 bridgehead atoms. The number of nitrogens with one attached hydrogen (secondary N) is 2. The lowest BCUT2D eigenvalue weighted by Crippen LogP contribution is -2.22. The van der Waals surface area contributed by atoms with Gasteiger partial charge in [0, 0.05) is 17.9 Å². The Balaban J connectivity index is 1.96. The number of carbonyl (C=O) groups excluding carboxylic acids is 2. The molecule has 0 saturated carbocycles. The molecule has 0 spiro atoms. The highest BCUT2D eigenvalue weighted by Crippen LogP contribution is 2.15. The zero-order valence-electron chi connectivity index (χ0n) is 21.0. The maximum Gasteiger partial charge on any atom is 0.320 e. The average molecular weight is 479 g/mol. The van der Waals surface area contributed by atoms with Crippen LogP contribution in [-0.2, 0) is 20.9 Å². The first kappa shape index (κ1) is 29.5. The van der Waals surface area contributed by atoms with Crippen molar-refractivity contribution in [2.75, 3.05) is 13.2 Å². The summed E-state index contributed by atoms with van der Waals surface area (Å²) in [5.74, 6) is -0.125. The van der Waals surface area contributed by atoms with Crippen molar-refractivity contribution in [1.82, 2.24) is 10.0 Å². The minimum absolute atomic E-state index is 0.132. The van der Waals surface area contributed by atoms with E-state index in [9.17, 15) is 9.59 Å². The molecule has 6 heteroatoms. The van der Waals surface area contributed by atoms with Gasteiger partial charge in [0.25, 0.3) is 0 Å². The molecule has 0 heterocycles. The van der Waals surface area contributed by atoms with Crippen LogP contribution in [0.5, 0.6) is 0 Å². The molecule has 2 N–H and O–H groups in total. The van der Waals surface area contributed by atoms with E-state index in [2.05, 4.69) is 17.0 Å². The number of carbonyl (C=O) groups is 2. The van der Waals surface area contributed by atoms with Gasteiger partial charge in [0.05, 0.1) is 6.61 Å². The predicted octanol–water partition coefficient (Wildman–Crippen LogP) is 6.94. The summed E-state index contributed by atoms with van der Waals surface area (Å²) < 4.78 is 7.86. The molecule has 1 aromatic rings. The van der Waals surface area contributed by atoms with Crippen LogP contribution in [0.2, 0.25) is 0 Å². The highest BCUT2D eigenvalue weighted by molar-refractivity contribution is 7.97. The Morgan fingerprint density at radius 1 is 0.788 bits per heavy atom. The van der Waals surface area contributed by atoms with Crippen molar-refractivity contribution in [1.29, 1.82) is 0 Å². The van der Waals surface area contributed by atoms with Gasteiger partial charge in [0.1, 0.15) is 6.54 Å². The van der Waals surface area contributed by atoms with Crippen LogP contribution in [0.25, 0.3) is 0 Å². The van der Waals surface area contributed by atoms with E-state index in [1.165, 1.54) is 82.6 Å². The summed E-state index contributed by atoms with van der Waals surface area (Å²) in [6.07, 6.45) is 17.7. The quantitative estimate of drug-likeness (QED) is 0.114. The van der Waals surface area contributed by atoms with Crippen LogP contribution >= 0.6 is 11.9 Å². The second-order valence-electron chi connectivity index (χ2n) is 8.64. The molecule has 0 fully saturated rings. The molecule has 0 saturated heterocycles. The number of ether oxygens (including phenoxy) is 1. The first-order valence-corrected chi connectivity index (χ1v) is 13.9. The van der Waals surface area contributed by atoms with Crippen molar-refractivity contribution >= 4 is 23.8 Å². The molecule has 1 rings (SSSR count). The lowest BCUT2D eigenvalue weighted by molar-refractivity contribution is -0.141. The number of unbranched alkanes of at least 4 members (excludes halogenated alkanes) is 12. The van der Waals surface area contributed by atoms with Gasteiger partial charge < -0.3 is 10.1 Å². The molecule has 0 radical (unpaired) electrons. The topological polar surface area (TPSA) is 67.4 Å². The number of benzene rings is 1. The fourth-order valence-corrected chi connectivity index (χ4v) is 4.29. The van der Waals surface area contributed by atoms with Crippen molar-refractivity contribution in [2.45, 2.75) is 115 Å². The molecular weight excluding hydrogens is 432 g/mol. The first-order chi connectivity index (χ1) is 16.2. The van der Waals surface area contributed by atoms with E-state index in [-0.39, 0.29) is 18.4 Å². The molecule has 1 aromatic carbocycles. The van der Waals surface area contributed by atoms with Gasteiger partial charge in [0.2, 0.25) is 5.91 Å². The summed E-state index contributed by atoms with van der Waals surface area (Å²) in [6, 6.07) is 7.97. The summed E-state index contributed by atoms with van der Waals surface area (Å²) >= 11 is 1.40. The predicted molar refractivity (Wildman–Crippen MR) is 139 cm³/mol. The highest BCUT2D eigenvalue weighted by atomic mass is 32.2. The van der Waals surface area contributed by atoms with Gasteiger partial charge >= 0.3 is 5.97 Å². The average Bonchev–Trinajstić information content (AvgIpc) is 2.81. The Morgan fingerprint density at radius 3 is 1.88 bits per heavy atom. The van der Waals surface area contributed by atoms with Crippen LogP contribution in [0.3, 0.4) is 0 Å². The van der Waals surface area contributed by atoms with E-state index >= 15 is 0 Å². The zero-order chi connectivity index (χ0) is 24.0. The van der Waals surface area contributed by atoms with E-state index in [4.69, 9.17) is 4.74 Å². The number of esters is 1. The monoisotopic (exact) mass is 478 g/mol. The lowest BCUT2D eigenvalue weighted by atomic mass is 10.0. The Kier molecular flexibility index (Phi) is 18.8. The summed E-state index contributed by atoms with van der Waals surface area (Å²) in [6.45, 7) is 5.19. The summed E-state index contributed by atoms with van der Waals surface area (Å²) in [7, 11) is 0. The first-order valence-electron chi connectivity index (χ1n) is 13.1. The summed E-state index contributed by atoms with van der Waals surface area (Å²) in [5, 5.41) is 3.01. The summed E-state index contributed by atoms with van der Waals surface area (Å²) in [4.78, 5) is 24.4. The highest BCUT2D eigenvalue weighted by Gasteiger charge is 2.04. The lowest BCUT2D eigenvalue weighted by Gasteiger charge is -2.07. The molecule has 1 amide bonds. The third kappa shape index (κ3) is 17.6. The minimum atomic E-state index is -0.257. The molecule has 0 aliphatic heterocycles. The van der Waals surface area contributed by atoms with Gasteiger partial charge in [-0.05, 0) is 43.0 Å². The van der Waals surface area contributed by atoms with Crippen LogP contribution < -0.4 is 10.0 Å². The van der Waals surface area contributed by atoms with Gasteiger partial charge in [-0.2, -0.15) is 0 Å². The number of rotatable bonds is 21. The molecule has 33 heavy (non-hydrogen) atoms. The maximum absolute atomic E-state index is 12.1.